The van der Waals surface area contributed by atoms with E-state index in [1.807, 2.05) is 35.7 Å². The quantitative estimate of drug-likeness (QED) is 0.789. The first kappa shape index (κ1) is 16.0. The maximum absolute atomic E-state index is 11.8. The Morgan fingerprint density at radius 1 is 1.26 bits per heavy atom. The number of amides is 2. The van der Waals surface area contributed by atoms with Gasteiger partial charge >= 0.3 is 6.03 Å². The van der Waals surface area contributed by atoms with Crippen LogP contribution in [0.3, 0.4) is 0 Å². The molecule has 0 aliphatic heterocycles. The van der Waals surface area contributed by atoms with Gasteiger partial charge in [0.25, 0.3) is 0 Å². The second-order valence-electron chi connectivity index (χ2n) is 5.91. The summed E-state index contributed by atoms with van der Waals surface area (Å²) >= 11 is 1.58. The van der Waals surface area contributed by atoms with Gasteiger partial charge in [-0.25, -0.2) is 9.78 Å². The lowest BCUT2D eigenvalue weighted by Gasteiger charge is -2.11. The number of aliphatic hydroxyl groups excluding tert-OH is 1. The van der Waals surface area contributed by atoms with Gasteiger partial charge in [0, 0.05) is 17.5 Å². The highest BCUT2D eigenvalue weighted by atomic mass is 32.1. The molecule has 1 aromatic carbocycles. The molecule has 1 aliphatic carbocycles. The maximum atomic E-state index is 11.8. The fourth-order valence-electron chi connectivity index (χ4n) is 2.81. The third-order valence-electron chi connectivity index (χ3n) is 4.07. The fourth-order valence-corrected chi connectivity index (χ4v) is 3.63. The lowest BCUT2D eigenvalue weighted by atomic mass is 10.1. The largest absolute Gasteiger partial charge is 0.393 e. The minimum absolute atomic E-state index is 0.180. The standard InChI is InChI=1S/C17H21N3O2S/c21-15-7-6-12(8-15)9-18-17(22)19-10-14-11-23-16(20-14)13-4-2-1-3-5-13/h1-5,11-12,15,21H,6-10H2,(H2,18,19,22)/t12-,15+/m1/s1. The maximum Gasteiger partial charge on any atom is 0.315 e. The molecule has 6 heteroatoms. The number of thiazole rings is 1. The molecule has 0 radical (unpaired) electrons. The molecular formula is C17H21N3O2S. The molecule has 0 unspecified atom stereocenters. The molecule has 1 aliphatic rings. The van der Waals surface area contributed by atoms with E-state index in [0.29, 0.717) is 19.0 Å². The summed E-state index contributed by atoms with van der Waals surface area (Å²) in [4.78, 5) is 16.4. The van der Waals surface area contributed by atoms with Crippen LogP contribution < -0.4 is 10.6 Å². The molecule has 1 fully saturated rings. The number of hydrogen-bond acceptors (Lipinski definition) is 4. The van der Waals surface area contributed by atoms with Gasteiger partial charge in [-0.3, -0.25) is 0 Å². The Balaban J connectivity index is 1.43. The molecule has 3 N–H and O–H groups in total. The van der Waals surface area contributed by atoms with E-state index in [9.17, 15) is 9.90 Å². The first-order chi connectivity index (χ1) is 11.2. The Hall–Kier alpha value is -1.92. The van der Waals surface area contributed by atoms with Crippen LogP contribution in [-0.4, -0.2) is 28.8 Å². The number of rotatable bonds is 5. The number of benzene rings is 1. The number of carbonyl (C=O) groups excluding carboxylic acids is 1. The van der Waals surface area contributed by atoms with Gasteiger partial charge < -0.3 is 15.7 Å². The summed E-state index contributed by atoms with van der Waals surface area (Å²) in [7, 11) is 0. The van der Waals surface area contributed by atoms with Crippen molar-refractivity contribution < 1.29 is 9.90 Å². The molecule has 2 amide bonds. The lowest BCUT2D eigenvalue weighted by molar-refractivity contribution is 0.177. The summed E-state index contributed by atoms with van der Waals surface area (Å²) < 4.78 is 0. The average Bonchev–Trinajstić information content (AvgIpc) is 3.21. The number of hydrogen-bond donors (Lipinski definition) is 3. The summed E-state index contributed by atoms with van der Waals surface area (Å²) in [5.74, 6) is 0.389. The lowest BCUT2D eigenvalue weighted by Crippen LogP contribution is -2.37. The van der Waals surface area contributed by atoms with E-state index < -0.39 is 0 Å². The van der Waals surface area contributed by atoms with E-state index in [0.717, 1.165) is 35.5 Å². The van der Waals surface area contributed by atoms with Crippen LogP contribution in [-0.2, 0) is 6.54 Å². The number of nitrogens with zero attached hydrogens (tertiary/aromatic N) is 1. The highest BCUT2D eigenvalue weighted by Crippen LogP contribution is 2.24. The van der Waals surface area contributed by atoms with E-state index in [1.165, 1.54) is 0 Å². The summed E-state index contributed by atoms with van der Waals surface area (Å²) in [5, 5.41) is 18.1. The van der Waals surface area contributed by atoms with Crippen molar-refractivity contribution >= 4 is 17.4 Å². The van der Waals surface area contributed by atoms with Crippen molar-refractivity contribution in [1.29, 1.82) is 0 Å². The second kappa shape index (κ2) is 7.57. The van der Waals surface area contributed by atoms with Crippen molar-refractivity contribution in [2.45, 2.75) is 31.9 Å². The van der Waals surface area contributed by atoms with Gasteiger partial charge in [0.05, 0.1) is 18.3 Å². The third-order valence-corrected chi connectivity index (χ3v) is 5.01. The molecule has 1 aromatic heterocycles. The van der Waals surface area contributed by atoms with Gasteiger partial charge in [-0.15, -0.1) is 11.3 Å². The zero-order valence-electron chi connectivity index (χ0n) is 12.9. The summed E-state index contributed by atoms with van der Waals surface area (Å²) in [6, 6.07) is 9.83. The summed E-state index contributed by atoms with van der Waals surface area (Å²) in [6.07, 6.45) is 2.41. The Labute approximate surface area is 139 Å². The number of nitrogens with one attached hydrogen (secondary N) is 2. The van der Waals surface area contributed by atoms with E-state index in [4.69, 9.17) is 0 Å². The highest BCUT2D eigenvalue weighted by molar-refractivity contribution is 7.13. The van der Waals surface area contributed by atoms with Crippen molar-refractivity contribution in [3.05, 3.63) is 41.4 Å². The molecule has 2 aromatic rings. The van der Waals surface area contributed by atoms with Gasteiger partial charge in [-0.2, -0.15) is 0 Å². The second-order valence-corrected chi connectivity index (χ2v) is 6.76. The first-order valence-corrected chi connectivity index (χ1v) is 8.78. The Bertz CT molecular complexity index is 644. The number of aromatic nitrogens is 1. The Kier molecular flexibility index (Phi) is 5.25. The van der Waals surface area contributed by atoms with Crippen molar-refractivity contribution in [2.24, 2.45) is 5.92 Å². The zero-order chi connectivity index (χ0) is 16.1. The van der Waals surface area contributed by atoms with Crippen LogP contribution in [0.25, 0.3) is 10.6 Å². The monoisotopic (exact) mass is 331 g/mol. The van der Waals surface area contributed by atoms with Crippen LogP contribution in [0.1, 0.15) is 25.0 Å². The van der Waals surface area contributed by atoms with Crippen molar-refractivity contribution in [1.82, 2.24) is 15.6 Å². The molecule has 2 atom stereocenters. The predicted molar refractivity (Wildman–Crippen MR) is 91.1 cm³/mol. The van der Waals surface area contributed by atoms with E-state index in [1.54, 1.807) is 11.3 Å². The molecule has 0 spiro atoms. The van der Waals surface area contributed by atoms with Crippen LogP contribution in [0, 0.1) is 5.92 Å². The molecule has 23 heavy (non-hydrogen) atoms. The molecular weight excluding hydrogens is 310 g/mol. The first-order valence-electron chi connectivity index (χ1n) is 7.90. The smallest absolute Gasteiger partial charge is 0.315 e. The molecule has 122 valence electrons. The van der Waals surface area contributed by atoms with Crippen LogP contribution in [0.5, 0.6) is 0 Å². The van der Waals surface area contributed by atoms with Gasteiger partial charge in [0.1, 0.15) is 5.01 Å². The van der Waals surface area contributed by atoms with Gasteiger partial charge in [-0.1, -0.05) is 30.3 Å². The number of urea groups is 1. The van der Waals surface area contributed by atoms with Crippen LogP contribution in [0.4, 0.5) is 4.79 Å². The minimum Gasteiger partial charge on any atom is -0.393 e. The van der Waals surface area contributed by atoms with Gasteiger partial charge in [-0.05, 0) is 25.2 Å². The topological polar surface area (TPSA) is 74.2 Å². The number of aliphatic hydroxyl groups is 1. The number of carbonyl (C=O) groups is 1. The van der Waals surface area contributed by atoms with Gasteiger partial charge in [0.15, 0.2) is 0 Å². The Morgan fingerprint density at radius 3 is 2.83 bits per heavy atom. The predicted octanol–water partition coefficient (Wildman–Crippen LogP) is 2.77. The average molecular weight is 331 g/mol. The van der Waals surface area contributed by atoms with E-state index in [2.05, 4.69) is 15.6 Å². The minimum atomic E-state index is -0.198. The van der Waals surface area contributed by atoms with Gasteiger partial charge in [0.2, 0.25) is 0 Å². The molecule has 0 saturated heterocycles. The fraction of sp³-hybridized carbons (Fsp3) is 0.412. The molecule has 1 heterocycles. The SMILES string of the molecule is O=C(NCc1csc(-c2ccccc2)n1)NC[C@@H]1CC[C@H](O)C1. The van der Waals surface area contributed by atoms with Crippen molar-refractivity contribution in [2.75, 3.05) is 6.54 Å². The third kappa shape index (κ3) is 4.53. The molecule has 5 nitrogen and oxygen atoms in total. The zero-order valence-corrected chi connectivity index (χ0v) is 13.7. The highest BCUT2D eigenvalue weighted by Gasteiger charge is 2.22. The van der Waals surface area contributed by atoms with E-state index in [-0.39, 0.29) is 12.1 Å². The summed E-state index contributed by atoms with van der Waals surface area (Å²) in [6.45, 7) is 1.04. The van der Waals surface area contributed by atoms with Crippen molar-refractivity contribution in [3.63, 3.8) is 0 Å². The Morgan fingerprint density at radius 2 is 2.09 bits per heavy atom. The van der Waals surface area contributed by atoms with Crippen LogP contribution in [0.2, 0.25) is 0 Å². The molecule has 0 bridgehead atoms. The van der Waals surface area contributed by atoms with E-state index >= 15 is 0 Å². The van der Waals surface area contributed by atoms with Crippen molar-refractivity contribution in [3.8, 4) is 10.6 Å². The summed E-state index contributed by atoms with van der Waals surface area (Å²) in [5.41, 5.74) is 1.95. The normalized spacial score (nSPS) is 20.4. The molecule has 1 saturated carbocycles. The van der Waals surface area contributed by atoms with Crippen LogP contribution in [0.15, 0.2) is 35.7 Å². The van der Waals surface area contributed by atoms with Crippen LogP contribution >= 0.6 is 11.3 Å². The molecule has 3 rings (SSSR count).